The smallest absolute Gasteiger partial charge is 0.301 e. The lowest BCUT2D eigenvalue weighted by Gasteiger charge is -2.19. The Kier molecular flexibility index (Phi) is 6.20. The van der Waals surface area contributed by atoms with Gasteiger partial charge in [-0.2, -0.15) is 12.7 Å². The summed E-state index contributed by atoms with van der Waals surface area (Å²) in [5.74, 6) is -0.841. The molecule has 2 atom stereocenters. The number of benzene rings is 2. The van der Waals surface area contributed by atoms with Gasteiger partial charge in [0.1, 0.15) is 18.2 Å². The minimum atomic E-state index is -4.36. The van der Waals surface area contributed by atoms with Gasteiger partial charge in [0.15, 0.2) is 0 Å². The average Bonchev–Trinajstić information content (AvgIpc) is 3.11. The maximum absolute atomic E-state index is 14.6. The number of hydrogen-bond acceptors (Lipinski definition) is 5. The predicted octanol–water partition coefficient (Wildman–Crippen LogP) is 3.77. The summed E-state index contributed by atoms with van der Waals surface area (Å²) in [6.07, 6.45) is -2.56. The van der Waals surface area contributed by atoms with Gasteiger partial charge in [-0.15, -0.1) is 0 Å². The number of halogens is 5. The first-order chi connectivity index (χ1) is 15.5. The van der Waals surface area contributed by atoms with E-state index in [-0.39, 0.29) is 32.5 Å². The van der Waals surface area contributed by atoms with Gasteiger partial charge in [-0.3, -0.25) is 9.52 Å². The third-order valence-corrected chi connectivity index (χ3v) is 7.34. The van der Waals surface area contributed by atoms with Crippen LogP contribution in [0, 0.1) is 5.82 Å². The summed E-state index contributed by atoms with van der Waals surface area (Å²) < 4.78 is 70.4. The van der Waals surface area contributed by atoms with E-state index in [4.69, 9.17) is 23.2 Å². The maximum atomic E-state index is 14.6. The van der Waals surface area contributed by atoms with Gasteiger partial charge >= 0.3 is 10.2 Å². The molecule has 33 heavy (non-hydrogen) atoms. The second kappa shape index (κ2) is 8.67. The molecule has 8 nitrogen and oxygen atoms in total. The highest BCUT2D eigenvalue weighted by molar-refractivity contribution is 7.90. The van der Waals surface area contributed by atoms with Crippen LogP contribution in [0.2, 0.25) is 10.0 Å². The molecule has 0 amide bonds. The van der Waals surface area contributed by atoms with Crippen LogP contribution in [0.4, 0.5) is 30.2 Å². The van der Waals surface area contributed by atoms with E-state index >= 15 is 0 Å². The Morgan fingerprint density at radius 1 is 1.06 bits per heavy atom. The highest BCUT2D eigenvalue weighted by Crippen LogP contribution is 2.38. The number of anilines is 3. The molecule has 2 N–H and O–H groups in total. The number of aryl methyl sites for hydroxylation is 1. The van der Waals surface area contributed by atoms with Gasteiger partial charge in [0, 0.05) is 20.1 Å². The average molecular weight is 522 g/mol. The summed E-state index contributed by atoms with van der Waals surface area (Å²) in [5, 5.41) is 2.37. The zero-order valence-corrected chi connectivity index (χ0v) is 19.1. The number of fused-ring (bicyclic) bond motifs is 1. The summed E-state index contributed by atoms with van der Waals surface area (Å²) in [7, 11) is -2.87. The second-order valence-corrected chi connectivity index (χ2v) is 9.77. The van der Waals surface area contributed by atoms with E-state index in [0.29, 0.717) is 9.82 Å². The standard InChI is InChI=1S/C19H16Cl2F3N5O3S/c1-28-8-25-12-4-5-13(16(20)15(12)19(28)30)26-18-9(22)2-3-14(17(18)21)27-33(31,32)29-6-10(23)11(24)7-29/h2-5,8,10-11,26-27H,6-7H2,1H3. The molecule has 0 bridgehead atoms. The zero-order chi connectivity index (χ0) is 24.1. The van der Waals surface area contributed by atoms with E-state index in [0.717, 1.165) is 12.1 Å². The third-order valence-electron chi connectivity index (χ3n) is 5.10. The van der Waals surface area contributed by atoms with Crippen molar-refractivity contribution in [2.75, 3.05) is 23.1 Å². The van der Waals surface area contributed by atoms with Crippen molar-refractivity contribution in [1.29, 1.82) is 0 Å². The van der Waals surface area contributed by atoms with Crippen molar-refractivity contribution < 1.29 is 21.6 Å². The molecule has 2 unspecified atom stereocenters. The molecule has 176 valence electrons. The van der Waals surface area contributed by atoms with E-state index in [1.807, 2.05) is 0 Å². The highest BCUT2D eigenvalue weighted by atomic mass is 35.5. The maximum Gasteiger partial charge on any atom is 0.301 e. The van der Waals surface area contributed by atoms with Crippen molar-refractivity contribution in [3.63, 3.8) is 0 Å². The lowest BCUT2D eigenvalue weighted by atomic mass is 10.2. The molecule has 3 aromatic rings. The monoisotopic (exact) mass is 521 g/mol. The molecule has 0 saturated carbocycles. The first kappa shape index (κ1) is 23.6. The van der Waals surface area contributed by atoms with Gasteiger partial charge in [0.05, 0.1) is 44.3 Å². The normalized spacial score (nSPS) is 19.2. The predicted molar refractivity (Wildman–Crippen MR) is 121 cm³/mol. The summed E-state index contributed by atoms with van der Waals surface area (Å²) in [4.78, 5) is 16.6. The number of aromatic nitrogens is 2. The van der Waals surface area contributed by atoms with E-state index < -0.39 is 47.0 Å². The lowest BCUT2D eigenvalue weighted by molar-refractivity contribution is 0.217. The van der Waals surface area contributed by atoms with Crippen molar-refractivity contribution >= 4 is 61.4 Å². The molecule has 2 heterocycles. The minimum Gasteiger partial charge on any atom is -0.351 e. The van der Waals surface area contributed by atoms with Crippen LogP contribution in [0.5, 0.6) is 0 Å². The summed E-state index contributed by atoms with van der Waals surface area (Å²) >= 11 is 12.6. The minimum absolute atomic E-state index is 0.0392. The molecule has 0 radical (unpaired) electrons. The molecule has 4 rings (SSSR count). The molecule has 1 aromatic heterocycles. The van der Waals surface area contributed by atoms with Crippen LogP contribution in [0.15, 0.2) is 35.4 Å². The lowest BCUT2D eigenvalue weighted by Crippen LogP contribution is -2.34. The Morgan fingerprint density at radius 2 is 1.70 bits per heavy atom. The number of alkyl halides is 2. The van der Waals surface area contributed by atoms with Crippen LogP contribution in [0.1, 0.15) is 0 Å². The van der Waals surface area contributed by atoms with Gasteiger partial charge in [0.25, 0.3) is 5.56 Å². The van der Waals surface area contributed by atoms with E-state index in [9.17, 15) is 26.4 Å². The fourth-order valence-electron chi connectivity index (χ4n) is 3.32. The van der Waals surface area contributed by atoms with E-state index in [2.05, 4.69) is 15.0 Å². The quantitative estimate of drug-likeness (QED) is 0.532. The Labute approximate surface area is 196 Å². The number of nitrogens with zero attached hydrogens (tertiary/aromatic N) is 3. The van der Waals surface area contributed by atoms with Gasteiger partial charge < -0.3 is 9.88 Å². The van der Waals surface area contributed by atoms with Gasteiger partial charge in [-0.05, 0) is 24.3 Å². The van der Waals surface area contributed by atoms with Crippen LogP contribution in [-0.4, -0.2) is 47.7 Å². The molecule has 1 saturated heterocycles. The molecule has 2 aromatic carbocycles. The number of nitrogens with one attached hydrogen (secondary N) is 2. The van der Waals surface area contributed by atoms with Gasteiger partial charge in [-0.1, -0.05) is 23.2 Å². The molecular weight excluding hydrogens is 506 g/mol. The summed E-state index contributed by atoms with van der Waals surface area (Å²) in [6, 6.07) is 4.97. The second-order valence-electron chi connectivity index (χ2n) is 7.35. The van der Waals surface area contributed by atoms with Crippen molar-refractivity contribution in [3.8, 4) is 0 Å². The highest BCUT2D eigenvalue weighted by Gasteiger charge is 2.39. The number of rotatable bonds is 5. The molecule has 1 fully saturated rings. The van der Waals surface area contributed by atoms with Crippen LogP contribution in [-0.2, 0) is 17.3 Å². The van der Waals surface area contributed by atoms with E-state index in [1.165, 1.54) is 30.1 Å². The largest absolute Gasteiger partial charge is 0.351 e. The van der Waals surface area contributed by atoms with Crippen molar-refractivity contribution in [1.82, 2.24) is 13.9 Å². The summed E-state index contributed by atoms with van der Waals surface area (Å²) in [6.45, 7) is -1.31. The Hall–Kier alpha value is -2.54. The van der Waals surface area contributed by atoms with E-state index in [1.54, 1.807) is 0 Å². The summed E-state index contributed by atoms with van der Waals surface area (Å²) in [5.41, 5.74) is -0.538. The van der Waals surface area contributed by atoms with Gasteiger partial charge in [-0.25, -0.2) is 18.2 Å². The van der Waals surface area contributed by atoms with Crippen molar-refractivity contribution in [2.45, 2.75) is 12.3 Å². The third kappa shape index (κ3) is 4.35. The SMILES string of the molecule is Cn1cnc2ccc(Nc3c(F)ccc(NS(=O)(=O)N4CC(F)C(F)C4)c3Cl)c(Cl)c2c1=O. The van der Waals surface area contributed by atoms with Crippen molar-refractivity contribution in [3.05, 3.63) is 56.8 Å². The molecule has 14 heteroatoms. The topological polar surface area (TPSA) is 96.3 Å². The number of hydrogen-bond donors (Lipinski definition) is 2. The van der Waals surface area contributed by atoms with Crippen LogP contribution in [0.3, 0.4) is 0 Å². The zero-order valence-electron chi connectivity index (χ0n) is 16.8. The Bertz CT molecular complexity index is 1410. The molecule has 1 aliphatic heterocycles. The fraction of sp³-hybridized carbons (Fsp3) is 0.263. The molecule has 0 aliphatic carbocycles. The van der Waals surface area contributed by atoms with Crippen LogP contribution < -0.4 is 15.6 Å². The van der Waals surface area contributed by atoms with Crippen LogP contribution in [0.25, 0.3) is 10.9 Å². The Morgan fingerprint density at radius 3 is 2.36 bits per heavy atom. The molecule has 0 spiro atoms. The first-order valence-corrected chi connectivity index (χ1v) is 11.6. The fourth-order valence-corrected chi connectivity index (χ4v) is 5.17. The Balaban J connectivity index is 1.69. The first-order valence-electron chi connectivity index (χ1n) is 9.44. The molecule has 1 aliphatic rings. The van der Waals surface area contributed by atoms with Crippen molar-refractivity contribution in [2.24, 2.45) is 7.05 Å². The van der Waals surface area contributed by atoms with Gasteiger partial charge in [0.2, 0.25) is 0 Å². The van der Waals surface area contributed by atoms with Crippen LogP contribution >= 0.6 is 23.2 Å². The molecular formula is C19H16Cl2F3N5O3S.